The van der Waals surface area contributed by atoms with Gasteiger partial charge in [-0.2, -0.15) is 5.53 Å². The second-order valence-corrected chi connectivity index (χ2v) is 8.71. The van der Waals surface area contributed by atoms with Gasteiger partial charge >= 0.3 is 0 Å². The third-order valence-corrected chi connectivity index (χ3v) is 6.24. The number of hydrazine groups is 2. The smallest absolute Gasteiger partial charge is 0.180 e. The Bertz CT molecular complexity index is 1010. The van der Waals surface area contributed by atoms with Gasteiger partial charge in [0.1, 0.15) is 17.7 Å². The standard InChI is InChI=1S/C21H30F2N8O/c1-11(2)31-18-9-30(8-17(18)27-21(31)20(25)29(3)28-26)13-7-16(24)19(32-10-13)14-6-12(22)4-5-15(14)23/h4-6,11,13,16,19,25,28H,7-10,24,26H2,1-3H3/t13-,16+,19-/m1/s1. The summed E-state index contributed by atoms with van der Waals surface area (Å²) in [5.41, 5.74) is 10.9. The first-order valence-electron chi connectivity index (χ1n) is 10.7. The van der Waals surface area contributed by atoms with Gasteiger partial charge in [-0.15, -0.1) is 0 Å². The molecule has 0 unspecified atom stereocenters. The zero-order valence-electron chi connectivity index (χ0n) is 18.5. The summed E-state index contributed by atoms with van der Waals surface area (Å²) >= 11 is 0. The Morgan fingerprint density at radius 2 is 2.09 bits per heavy atom. The van der Waals surface area contributed by atoms with Crippen molar-refractivity contribution < 1.29 is 13.5 Å². The number of amidine groups is 1. The first-order valence-corrected chi connectivity index (χ1v) is 10.7. The highest BCUT2D eigenvalue weighted by molar-refractivity contribution is 5.93. The molecule has 0 aliphatic carbocycles. The highest BCUT2D eigenvalue weighted by Gasteiger charge is 2.38. The number of benzene rings is 1. The van der Waals surface area contributed by atoms with Crippen molar-refractivity contribution in [1.82, 2.24) is 25.0 Å². The number of imidazole rings is 1. The van der Waals surface area contributed by atoms with Crippen LogP contribution >= 0.6 is 0 Å². The average molecular weight is 449 g/mol. The number of nitrogens with zero attached hydrogens (tertiary/aromatic N) is 4. The Kier molecular flexibility index (Phi) is 6.28. The number of ether oxygens (including phenoxy) is 1. The van der Waals surface area contributed by atoms with E-state index in [1.807, 2.05) is 0 Å². The van der Waals surface area contributed by atoms with Crippen LogP contribution in [0.5, 0.6) is 0 Å². The van der Waals surface area contributed by atoms with Crippen LogP contribution in [-0.2, 0) is 17.8 Å². The fourth-order valence-corrected chi connectivity index (χ4v) is 4.60. The fourth-order valence-electron chi connectivity index (χ4n) is 4.60. The summed E-state index contributed by atoms with van der Waals surface area (Å²) in [5, 5.41) is 9.79. The largest absolute Gasteiger partial charge is 0.370 e. The van der Waals surface area contributed by atoms with Crippen LogP contribution in [0.3, 0.4) is 0 Å². The van der Waals surface area contributed by atoms with Crippen LogP contribution in [0.4, 0.5) is 8.78 Å². The summed E-state index contributed by atoms with van der Waals surface area (Å²) in [6.07, 6.45) is -0.0874. The third kappa shape index (κ3) is 4.02. The van der Waals surface area contributed by atoms with E-state index in [0.29, 0.717) is 31.9 Å². The van der Waals surface area contributed by atoms with E-state index in [1.165, 1.54) is 5.01 Å². The topological polar surface area (TPSA) is 121 Å². The summed E-state index contributed by atoms with van der Waals surface area (Å²) in [4.78, 5) is 6.97. The zero-order valence-corrected chi connectivity index (χ0v) is 18.5. The second kappa shape index (κ2) is 8.83. The molecule has 0 saturated carbocycles. The molecule has 2 aliphatic heterocycles. The van der Waals surface area contributed by atoms with Crippen molar-refractivity contribution in [2.75, 3.05) is 13.7 Å². The molecular formula is C21H30F2N8O. The third-order valence-electron chi connectivity index (χ3n) is 6.24. The molecule has 174 valence electrons. The Hall–Kier alpha value is -2.44. The normalized spacial score (nSPS) is 23.6. The van der Waals surface area contributed by atoms with Gasteiger partial charge < -0.3 is 15.0 Å². The summed E-state index contributed by atoms with van der Waals surface area (Å²) in [7, 11) is 1.66. The molecule has 0 amide bonds. The van der Waals surface area contributed by atoms with Crippen LogP contribution in [0.2, 0.25) is 0 Å². The number of nitrogens with one attached hydrogen (secondary N) is 2. The maximum atomic E-state index is 14.2. The van der Waals surface area contributed by atoms with Gasteiger partial charge in [0.25, 0.3) is 0 Å². The van der Waals surface area contributed by atoms with Crippen molar-refractivity contribution in [1.29, 1.82) is 5.41 Å². The van der Waals surface area contributed by atoms with E-state index < -0.39 is 23.8 Å². The van der Waals surface area contributed by atoms with Gasteiger partial charge in [0, 0.05) is 43.8 Å². The zero-order chi connectivity index (χ0) is 23.2. The van der Waals surface area contributed by atoms with Crippen molar-refractivity contribution in [2.45, 2.75) is 57.6 Å². The molecule has 32 heavy (non-hydrogen) atoms. The second-order valence-electron chi connectivity index (χ2n) is 8.71. The maximum absolute atomic E-state index is 14.2. The van der Waals surface area contributed by atoms with Gasteiger partial charge in [0.15, 0.2) is 11.7 Å². The first kappa shape index (κ1) is 22.7. The Labute approximate surface area is 185 Å². The van der Waals surface area contributed by atoms with Crippen LogP contribution in [0.25, 0.3) is 0 Å². The molecule has 1 aromatic carbocycles. The molecule has 0 spiro atoms. The summed E-state index contributed by atoms with van der Waals surface area (Å²) in [6, 6.07) is 3.03. The molecular weight excluding hydrogens is 418 g/mol. The van der Waals surface area contributed by atoms with E-state index in [0.717, 1.165) is 29.6 Å². The molecule has 9 nitrogen and oxygen atoms in total. The lowest BCUT2D eigenvalue weighted by Gasteiger charge is -2.38. The predicted octanol–water partition coefficient (Wildman–Crippen LogP) is 1.55. The van der Waals surface area contributed by atoms with Gasteiger partial charge in [0.2, 0.25) is 0 Å². The molecule has 4 rings (SSSR count). The molecule has 2 aromatic rings. The number of nitrogens with two attached hydrogens (primary N) is 2. The van der Waals surface area contributed by atoms with Crippen molar-refractivity contribution in [3.8, 4) is 0 Å². The van der Waals surface area contributed by atoms with E-state index >= 15 is 0 Å². The average Bonchev–Trinajstić information content (AvgIpc) is 3.32. The van der Waals surface area contributed by atoms with Crippen molar-refractivity contribution in [2.24, 2.45) is 11.6 Å². The van der Waals surface area contributed by atoms with Crippen LogP contribution in [-0.4, -0.2) is 51.0 Å². The SMILES string of the molecule is CC(C)n1c(C(=N)N(C)NN)nc2c1CN([C@H]1CO[C@H](c3cc(F)ccc3F)[C@@H](N)C1)C2. The van der Waals surface area contributed by atoms with Crippen LogP contribution in [0.1, 0.15) is 55.2 Å². The highest BCUT2D eigenvalue weighted by Crippen LogP contribution is 2.35. The van der Waals surface area contributed by atoms with Crippen molar-refractivity contribution >= 4 is 5.84 Å². The quantitative estimate of drug-likeness (QED) is 0.237. The number of hydrogen-bond donors (Lipinski definition) is 4. The monoisotopic (exact) mass is 448 g/mol. The van der Waals surface area contributed by atoms with Crippen LogP contribution < -0.4 is 17.1 Å². The van der Waals surface area contributed by atoms with Gasteiger partial charge in [-0.25, -0.2) is 13.8 Å². The lowest BCUT2D eigenvalue weighted by molar-refractivity contribution is -0.0535. The number of rotatable bonds is 5. The van der Waals surface area contributed by atoms with Gasteiger partial charge in [-0.05, 0) is 38.5 Å². The molecule has 3 atom stereocenters. The number of aromatic nitrogens is 2. The maximum Gasteiger partial charge on any atom is 0.180 e. The Morgan fingerprint density at radius 1 is 1.34 bits per heavy atom. The molecule has 11 heteroatoms. The number of hydrogen-bond acceptors (Lipinski definition) is 7. The molecule has 2 aliphatic rings. The minimum atomic E-state index is -0.680. The van der Waals surface area contributed by atoms with Crippen molar-refractivity contribution in [3.05, 3.63) is 52.6 Å². The molecule has 0 bridgehead atoms. The summed E-state index contributed by atoms with van der Waals surface area (Å²) in [5.74, 6) is 5.17. The molecule has 6 N–H and O–H groups in total. The lowest BCUT2D eigenvalue weighted by Crippen LogP contribution is -2.48. The fraction of sp³-hybridized carbons (Fsp3) is 0.524. The minimum Gasteiger partial charge on any atom is -0.370 e. The molecule has 0 radical (unpaired) electrons. The van der Waals surface area contributed by atoms with Crippen molar-refractivity contribution in [3.63, 3.8) is 0 Å². The van der Waals surface area contributed by atoms with E-state index in [1.54, 1.807) is 7.05 Å². The number of fused-ring (bicyclic) bond motifs is 1. The molecule has 1 saturated heterocycles. The van der Waals surface area contributed by atoms with E-state index in [-0.39, 0.29) is 23.5 Å². The van der Waals surface area contributed by atoms with Gasteiger partial charge in [-0.3, -0.25) is 21.2 Å². The van der Waals surface area contributed by atoms with Crippen LogP contribution in [0, 0.1) is 17.0 Å². The van der Waals surface area contributed by atoms with E-state index in [9.17, 15) is 8.78 Å². The summed E-state index contributed by atoms with van der Waals surface area (Å²) in [6.45, 7) is 5.72. The van der Waals surface area contributed by atoms with E-state index in [4.69, 9.17) is 26.7 Å². The highest BCUT2D eigenvalue weighted by atomic mass is 19.1. The minimum absolute atomic E-state index is 0.0315. The summed E-state index contributed by atoms with van der Waals surface area (Å²) < 4.78 is 35.8. The Balaban J connectivity index is 1.49. The van der Waals surface area contributed by atoms with E-state index in [2.05, 4.69) is 28.8 Å². The van der Waals surface area contributed by atoms with Gasteiger partial charge in [-0.1, -0.05) is 0 Å². The van der Waals surface area contributed by atoms with Crippen LogP contribution in [0.15, 0.2) is 18.2 Å². The first-order chi connectivity index (χ1) is 15.2. The predicted molar refractivity (Wildman–Crippen MR) is 115 cm³/mol. The molecule has 3 heterocycles. The molecule has 1 aromatic heterocycles. The lowest BCUT2D eigenvalue weighted by atomic mass is 9.93. The Morgan fingerprint density at radius 3 is 2.75 bits per heavy atom. The molecule has 1 fully saturated rings. The van der Waals surface area contributed by atoms with Gasteiger partial charge in [0.05, 0.1) is 18.0 Å². The number of halogens is 2.